The molecule has 0 aliphatic carbocycles. The molecule has 0 aromatic heterocycles. The molecule has 0 bridgehead atoms. The molecule has 4 nitrogen and oxygen atoms in total. The standard InChI is InChI=1S/C12H18ClNO3S/c1-12(2,3)18(15,16)7-6-17-11-5-4-9(14)8-10(11)13/h4-5,8H,6-7,14H2,1-3H3. The predicted molar refractivity (Wildman–Crippen MR) is 74.9 cm³/mol. The van der Waals surface area contributed by atoms with Crippen LogP contribution in [0.3, 0.4) is 0 Å². The van der Waals surface area contributed by atoms with E-state index in [1.54, 1.807) is 39.0 Å². The maximum Gasteiger partial charge on any atom is 0.158 e. The fourth-order valence-corrected chi connectivity index (χ4v) is 2.36. The van der Waals surface area contributed by atoms with Gasteiger partial charge in [0.25, 0.3) is 0 Å². The second kappa shape index (κ2) is 5.36. The van der Waals surface area contributed by atoms with E-state index in [4.69, 9.17) is 22.1 Å². The van der Waals surface area contributed by atoms with Gasteiger partial charge in [-0.05, 0) is 39.0 Å². The van der Waals surface area contributed by atoms with Crippen molar-refractivity contribution in [2.45, 2.75) is 25.5 Å². The lowest BCUT2D eigenvalue weighted by Crippen LogP contribution is -2.32. The third-order valence-corrected chi connectivity index (χ3v) is 5.36. The van der Waals surface area contributed by atoms with E-state index in [9.17, 15) is 8.42 Å². The molecule has 1 aromatic rings. The van der Waals surface area contributed by atoms with Gasteiger partial charge in [0.05, 0.1) is 15.5 Å². The molecule has 6 heteroatoms. The summed E-state index contributed by atoms with van der Waals surface area (Å²) in [5.41, 5.74) is 6.08. The summed E-state index contributed by atoms with van der Waals surface area (Å²) in [6.45, 7) is 5.07. The lowest BCUT2D eigenvalue weighted by atomic mass is 10.3. The number of nitrogens with two attached hydrogens (primary N) is 1. The lowest BCUT2D eigenvalue weighted by Gasteiger charge is -2.19. The molecule has 0 unspecified atom stereocenters. The highest BCUT2D eigenvalue weighted by atomic mass is 35.5. The topological polar surface area (TPSA) is 69.4 Å². The van der Waals surface area contributed by atoms with E-state index in [1.165, 1.54) is 0 Å². The van der Waals surface area contributed by atoms with Crippen molar-refractivity contribution >= 4 is 27.1 Å². The first-order valence-corrected chi connectivity index (χ1v) is 7.56. The molecule has 1 rings (SSSR count). The zero-order valence-electron chi connectivity index (χ0n) is 10.7. The van der Waals surface area contributed by atoms with Crippen LogP contribution in [0.1, 0.15) is 20.8 Å². The van der Waals surface area contributed by atoms with E-state index in [1.807, 2.05) is 0 Å². The van der Waals surface area contributed by atoms with Crippen molar-refractivity contribution in [3.63, 3.8) is 0 Å². The predicted octanol–water partition coefficient (Wildman–Crippen LogP) is 2.51. The van der Waals surface area contributed by atoms with Crippen LogP contribution in [0, 0.1) is 0 Å². The van der Waals surface area contributed by atoms with Gasteiger partial charge in [0.2, 0.25) is 0 Å². The fraction of sp³-hybridized carbons (Fsp3) is 0.500. The van der Waals surface area contributed by atoms with Crippen LogP contribution in [0.2, 0.25) is 5.02 Å². The number of rotatable bonds is 4. The second-order valence-corrected chi connectivity index (χ2v) is 8.24. The van der Waals surface area contributed by atoms with Crippen LogP contribution in [0.25, 0.3) is 0 Å². The fourth-order valence-electron chi connectivity index (χ4n) is 1.20. The van der Waals surface area contributed by atoms with E-state index >= 15 is 0 Å². The van der Waals surface area contributed by atoms with Crippen LogP contribution < -0.4 is 10.5 Å². The Morgan fingerprint density at radius 1 is 1.33 bits per heavy atom. The largest absolute Gasteiger partial charge is 0.491 e. The van der Waals surface area contributed by atoms with Gasteiger partial charge >= 0.3 is 0 Å². The Morgan fingerprint density at radius 3 is 2.44 bits per heavy atom. The zero-order chi connectivity index (χ0) is 14.0. The highest BCUT2D eigenvalue weighted by Crippen LogP contribution is 2.26. The Hall–Kier alpha value is -0.940. The van der Waals surface area contributed by atoms with Gasteiger partial charge in [-0.1, -0.05) is 11.6 Å². The average Bonchev–Trinajstić information content (AvgIpc) is 2.19. The summed E-state index contributed by atoms with van der Waals surface area (Å²) in [5, 5.41) is 0.378. The van der Waals surface area contributed by atoms with Gasteiger partial charge in [-0.3, -0.25) is 0 Å². The molecule has 0 aliphatic rings. The molecule has 18 heavy (non-hydrogen) atoms. The Bertz CT molecular complexity index is 521. The van der Waals surface area contributed by atoms with Crippen LogP contribution in [0.15, 0.2) is 18.2 Å². The van der Waals surface area contributed by atoms with E-state index in [0.29, 0.717) is 16.5 Å². The third kappa shape index (κ3) is 3.78. The Kier molecular flexibility index (Phi) is 4.50. The van der Waals surface area contributed by atoms with Crippen molar-refractivity contribution in [2.75, 3.05) is 18.1 Å². The first-order valence-electron chi connectivity index (χ1n) is 5.53. The zero-order valence-corrected chi connectivity index (χ0v) is 12.3. The summed E-state index contributed by atoms with van der Waals surface area (Å²) >= 11 is 5.91. The van der Waals surface area contributed by atoms with Gasteiger partial charge in [-0.2, -0.15) is 0 Å². The smallest absolute Gasteiger partial charge is 0.158 e. The van der Waals surface area contributed by atoms with Crippen molar-refractivity contribution in [3.8, 4) is 5.75 Å². The number of benzene rings is 1. The maximum absolute atomic E-state index is 11.8. The highest BCUT2D eigenvalue weighted by Gasteiger charge is 2.28. The van der Waals surface area contributed by atoms with Gasteiger partial charge in [-0.25, -0.2) is 8.42 Å². The van der Waals surface area contributed by atoms with Crippen LogP contribution in [0.5, 0.6) is 5.75 Å². The molecule has 0 radical (unpaired) electrons. The quantitative estimate of drug-likeness (QED) is 0.866. The van der Waals surface area contributed by atoms with Gasteiger partial charge in [-0.15, -0.1) is 0 Å². The SMILES string of the molecule is CC(C)(C)S(=O)(=O)CCOc1ccc(N)cc1Cl. The number of nitrogen functional groups attached to an aromatic ring is 1. The maximum atomic E-state index is 11.8. The van der Waals surface area contributed by atoms with Crippen molar-refractivity contribution in [2.24, 2.45) is 0 Å². The molecule has 1 aromatic carbocycles. The van der Waals surface area contributed by atoms with E-state index < -0.39 is 14.6 Å². The number of halogens is 1. The molecule has 102 valence electrons. The second-order valence-electron chi connectivity index (χ2n) is 4.97. The lowest BCUT2D eigenvalue weighted by molar-refractivity contribution is 0.340. The summed E-state index contributed by atoms with van der Waals surface area (Å²) < 4.78 is 28.3. The van der Waals surface area contributed by atoms with Crippen LogP contribution in [-0.4, -0.2) is 25.5 Å². The van der Waals surface area contributed by atoms with Crippen LogP contribution >= 0.6 is 11.6 Å². The molecular weight excluding hydrogens is 274 g/mol. The molecule has 2 N–H and O–H groups in total. The van der Waals surface area contributed by atoms with Crippen molar-refractivity contribution in [1.82, 2.24) is 0 Å². The molecule has 0 saturated carbocycles. The minimum absolute atomic E-state index is 0.0444. The van der Waals surface area contributed by atoms with E-state index in [-0.39, 0.29) is 12.4 Å². The van der Waals surface area contributed by atoms with Gasteiger partial charge < -0.3 is 10.5 Å². The Morgan fingerprint density at radius 2 is 1.94 bits per heavy atom. The summed E-state index contributed by atoms with van der Waals surface area (Å²) in [6.07, 6.45) is 0. The number of hydrogen-bond donors (Lipinski definition) is 1. The summed E-state index contributed by atoms with van der Waals surface area (Å²) in [5.74, 6) is 0.395. The highest BCUT2D eigenvalue weighted by molar-refractivity contribution is 7.92. The number of hydrogen-bond acceptors (Lipinski definition) is 4. The molecular formula is C12H18ClNO3S. The van der Waals surface area contributed by atoms with E-state index in [0.717, 1.165) is 0 Å². The van der Waals surface area contributed by atoms with Gasteiger partial charge in [0.15, 0.2) is 9.84 Å². The number of ether oxygens (including phenoxy) is 1. The number of anilines is 1. The normalized spacial score (nSPS) is 12.4. The minimum Gasteiger partial charge on any atom is -0.491 e. The van der Waals surface area contributed by atoms with Gasteiger partial charge in [0, 0.05) is 5.69 Å². The van der Waals surface area contributed by atoms with Crippen LogP contribution in [-0.2, 0) is 9.84 Å². The molecule has 0 amide bonds. The molecule has 0 aliphatic heterocycles. The van der Waals surface area contributed by atoms with Gasteiger partial charge in [0.1, 0.15) is 12.4 Å². The van der Waals surface area contributed by atoms with E-state index in [2.05, 4.69) is 0 Å². The summed E-state index contributed by atoms with van der Waals surface area (Å²) in [6, 6.07) is 4.84. The molecule has 0 fully saturated rings. The number of sulfone groups is 1. The van der Waals surface area contributed by atoms with Crippen molar-refractivity contribution < 1.29 is 13.2 Å². The van der Waals surface area contributed by atoms with Crippen molar-refractivity contribution in [3.05, 3.63) is 23.2 Å². The van der Waals surface area contributed by atoms with Crippen molar-refractivity contribution in [1.29, 1.82) is 0 Å². The Balaban J connectivity index is 2.63. The molecule has 0 heterocycles. The first-order chi connectivity index (χ1) is 8.13. The molecule has 0 spiro atoms. The Labute approximate surface area is 113 Å². The first kappa shape index (κ1) is 15.1. The molecule has 0 saturated heterocycles. The monoisotopic (exact) mass is 291 g/mol. The summed E-state index contributed by atoms with van der Waals surface area (Å²) in [4.78, 5) is 0. The summed E-state index contributed by atoms with van der Waals surface area (Å²) in [7, 11) is -3.18. The molecule has 0 atom stereocenters. The third-order valence-electron chi connectivity index (χ3n) is 2.50. The minimum atomic E-state index is -3.18. The van der Waals surface area contributed by atoms with Crippen LogP contribution in [0.4, 0.5) is 5.69 Å². The average molecular weight is 292 g/mol.